The Morgan fingerprint density at radius 3 is 2.51 bits per heavy atom. The fourth-order valence-electron chi connectivity index (χ4n) is 16.6. The van der Waals surface area contributed by atoms with Gasteiger partial charge in [-0.2, -0.15) is 8.42 Å². The summed E-state index contributed by atoms with van der Waals surface area (Å²) in [5.74, 6) is 6.11. The third-order valence-electron chi connectivity index (χ3n) is 20.8. The summed E-state index contributed by atoms with van der Waals surface area (Å²) >= 11 is 0. The molecule has 15 heteroatoms. The van der Waals surface area contributed by atoms with E-state index in [0.717, 1.165) is 84.4 Å². The summed E-state index contributed by atoms with van der Waals surface area (Å²) in [5.41, 5.74) is 21.4. The average molecular weight is 1180 g/mol. The highest BCUT2D eigenvalue weighted by Gasteiger charge is 2.51. The Kier molecular flexibility index (Phi) is 16.2. The van der Waals surface area contributed by atoms with Crippen molar-refractivity contribution in [3.8, 4) is 23.3 Å². The molecule has 15 rings (SSSR count). The topological polar surface area (TPSA) is 238 Å². The number of aliphatic hydroxyl groups is 2. The van der Waals surface area contributed by atoms with Crippen LogP contribution in [0.3, 0.4) is 0 Å². The van der Waals surface area contributed by atoms with Crippen molar-refractivity contribution in [2.24, 2.45) is 46.0 Å². The van der Waals surface area contributed by atoms with E-state index in [0.29, 0.717) is 61.8 Å². The van der Waals surface area contributed by atoms with Crippen LogP contribution in [0.1, 0.15) is 163 Å². The van der Waals surface area contributed by atoms with Crippen molar-refractivity contribution in [1.82, 2.24) is 10.3 Å². The Balaban J connectivity index is 0.933. The van der Waals surface area contributed by atoms with Gasteiger partial charge in [0.15, 0.2) is 5.96 Å². The summed E-state index contributed by atoms with van der Waals surface area (Å²) in [6.45, 7) is 3.74. The molecule has 5 aromatic carbocycles. The predicted octanol–water partition coefficient (Wildman–Crippen LogP) is 11.1. The van der Waals surface area contributed by atoms with Crippen molar-refractivity contribution in [3.05, 3.63) is 195 Å². The van der Waals surface area contributed by atoms with Crippen molar-refractivity contribution in [3.63, 3.8) is 0 Å². The monoisotopic (exact) mass is 1180 g/mol. The largest absolute Gasteiger partial charge is 0.508 e. The first-order chi connectivity index (χ1) is 41.6. The molecule has 6 aliphatic heterocycles. The molecule has 0 amide bonds. The van der Waals surface area contributed by atoms with E-state index >= 15 is 0 Å². The first-order valence-corrected chi connectivity index (χ1v) is 32.9. The normalized spacial score (nSPS) is 30.6. The van der Waals surface area contributed by atoms with Crippen LogP contribution in [0.2, 0.25) is 0 Å². The van der Waals surface area contributed by atoms with Crippen molar-refractivity contribution >= 4 is 21.9 Å². The van der Waals surface area contributed by atoms with Crippen LogP contribution in [-0.4, -0.2) is 75.9 Å². The van der Waals surface area contributed by atoms with Crippen LogP contribution in [0.15, 0.2) is 144 Å². The van der Waals surface area contributed by atoms with Gasteiger partial charge in [-0.1, -0.05) is 110 Å². The Bertz CT molecular complexity index is 3670. The molecule has 0 spiro atoms. The number of allylic oxidation sites excluding steroid dienone is 1. The van der Waals surface area contributed by atoms with Gasteiger partial charge in [0.25, 0.3) is 10.1 Å². The van der Waals surface area contributed by atoms with E-state index in [2.05, 4.69) is 95.1 Å². The lowest BCUT2D eigenvalue weighted by Gasteiger charge is -2.46. The molecule has 3 aliphatic carbocycles. The highest BCUT2D eigenvalue weighted by Crippen LogP contribution is 2.56. The van der Waals surface area contributed by atoms with E-state index in [4.69, 9.17) is 25.9 Å². The lowest BCUT2D eigenvalue weighted by molar-refractivity contribution is -0.0834. The van der Waals surface area contributed by atoms with Gasteiger partial charge in [0.05, 0.1) is 17.0 Å². The number of ether oxygens (including phenoxy) is 2. The van der Waals surface area contributed by atoms with Crippen LogP contribution in [0.4, 0.5) is 5.82 Å². The number of nitrogens with one attached hydrogen (secondary N) is 3. The summed E-state index contributed by atoms with van der Waals surface area (Å²) in [5, 5.41) is 41.4. The zero-order valence-electron chi connectivity index (χ0n) is 49.1. The minimum Gasteiger partial charge on any atom is -0.508 e. The maximum absolute atomic E-state index is 14.5. The number of phenols is 1. The number of aliphatic imine (C=N–C) groups is 1. The maximum atomic E-state index is 14.5. The Hall–Kier alpha value is -6.90. The number of aryl methyl sites for hydroxylation is 1. The standard InChI is InChI=1S/C71H82N6O8S/c1-43-14-15-50-34-57-23-25-59(50)61(43)38-65(86(81,82)83)63-37-53-32-52(35-58-31-45(42-78)10-5-11-49-33-56(79)22-24-60(49)68(53)84-58)67(63)47-18-20-54(21-19-47)71(85-57,77-69(72)73)40-55(30-44-8-3-2-4-9-44)70(80)27-6-12-51(39-70)48-17-16-46-26-29-74-64(62(46)36-48)41-76-66-13-7-28-75-66/h2-4,7-9,13,16-25,28,33-34,36-37,43,45,51-52,55,58,61,63-65,67-68,74-76,78-80H,6,10,12,14-15,26-27,29-32,35,38-42H2,1H3,(H4,72,73,77)(H,81,82,83). The van der Waals surface area contributed by atoms with Gasteiger partial charge >= 0.3 is 0 Å². The highest BCUT2D eigenvalue weighted by molar-refractivity contribution is 7.86. The van der Waals surface area contributed by atoms with Gasteiger partial charge in [-0.15, -0.1) is 0 Å². The van der Waals surface area contributed by atoms with Crippen LogP contribution in [0.5, 0.6) is 11.5 Å². The Morgan fingerprint density at radius 2 is 1.72 bits per heavy atom. The number of fused-ring (bicyclic) bond motifs is 10. The fourth-order valence-corrected chi connectivity index (χ4v) is 17.7. The Morgan fingerprint density at radius 1 is 0.895 bits per heavy atom. The molecule has 9 aliphatic rings. The zero-order valence-corrected chi connectivity index (χ0v) is 49.9. The molecule has 14 unspecified atom stereocenters. The second-order valence-electron chi connectivity index (χ2n) is 26.2. The minimum atomic E-state index is -4.71. The quantitative estimate of drug-likeness (QED) is 0.0183. The molecule has 1 aromatic heterocycles. The second-order valence-corrected chi connectivity index (χ2v) is 27.9. The molecular formula is C71H82N6O8S. The van der Waals surface area contributed by atoms with Gasteiger partial charge in [-0.25, -0.2) is 4.99 Å². The number of aromatic hydroxyl groups is 1. The molecule has 450 valence electrons. The van der Waals surface area contributed by atoms with Crippen LogP contribution in [0, 0.1) is 41.4 Å². The number of anilines is 1. The molecule has 7 heterocycles. The van der Waals surface area contributed by atoms with Crippen molar-refractivity contribution < 1.29 is 37.8 Å². The lowest BCUT2D eigenvalue weighted by atomic mass is 9.64. The minimum absolute atomic E-state index is 0.0742. The summed E-state index contributed by atoms with van der Waals surface area (Å²) < 4.78 is 55.6. The third kappa shape index (κ3) is 11.9. The first kappa shape index (κ1) is 58.1. The van der Waals surface area contributed by atoms with Crippen LogP contribution in [0.25, 0.3) is 0 Å². The number of aromatic amines is 1. The van der Waals surface area contributed by atoms with E-state index in [1.807, 2.05) is 60.8 Å². The summed E-state index contributed by atoms with van der Waals surface area (Å²) in [7, 11) is -4.71. The van der Waals surface area contributed by atoms with Crippen molar-refractivity contribution in [1.29, 1.82) is 0 Å². The number of guanidine groups is 1. The average Bonchev–Trinajstić information content (AvgIpc) is 1.55. The highest BCUT2D eigenvalue weighted by atomic mass is 32.2. The molecule has 1 saturated heterocycles. The SMILES string of the molecule is CC1CCc2cc3ccc2C1CC(S(=O)(=O)O)C1C=C2CC(CC4CC(CO)CC#Cc5cc(O)ccc5C2O4)C1c1ccc(cc1)C(CC(Cc1ccccc1)C1(O)CCCC(c2ccc4c(c2)C(CNc2ccc[nH]2)NCC4)C1)(N=C(N)N)O3. The van der Waals surface area contributed by atoms with Gasteiger partial charge < -0.3 is 51.9 Å². The van der Waals surface area contributed by atoms with E-state index in [1.54, 1.807) is 12.1 Å². The van der Waals surface area contributed by atoms with E-state index in [1.165, 1.54) is 16.7 Å². The fraction of sp³-hybridized carbons (Fsp3) is 0.451. The number of H-pyrrole nitrogens is 1. The van der Waals surface area contributed by atoms with Gasteiger partial charge in [-0.05, 0) is 206 Å². The number of aliphatic hydroxyl groups excluding tert-OH is 1. The number of hydrogen-bond donors (Lipinski definition) is 9. The number of benzene rings is 5. The third-order valence-corrected chi connectivity index (χ3v) is 22.1. The molecule has 1 saturated carbocycles. The van der Waals surface area contributed by atoms with E-state index in [-0.39, 0.29) is 72.9 Å². The van der Waals surface area contributed by atoms with Gasteiger partial charge in [0.1, 0.15) is 23.4 Å². The maximum Gasteiger partial charge on any atom is 0.268 e. The lowest BCUT2D eigenvalue weighted by Crippen LogP contribution is -2.48. The summed E-state index contributed by atoms with van der Waals surface area (Å²) in [6.07, 6.45) is 11.5. The number of hydrogen-bond acceptors (Lipinski definition) is 10. The molecule has 14 nitrogen and oxygen atoms in total. The van der Waals surface area contributed by atoms with Crippen LogP contribution < -0.4 is 26.8 Å². The number of aromatic nitrogens is 1. The summed E-state index contributed by atoms with van der Waals surface area (Å²) in [6, 6.07) is 40.9. The first-order valence-electron chi connectivity index (χ1n) is 31.4. The Labute approximate surface area is 506 Å². The van der Waals surface area contributed by atoms with E-state index in [9.17, 15) is 28.3 Å². The summed E-state index contributed by atoms with van der Waals surface area (Å²) in [4.78, 5) is 8.49. The number of nitrogens with two attached hydrogens (primary N) is 2. The molecule has 10 bridgehead atoms. The smallest absolute Gasteiger partial charge is 0.268 e. The molecule has 0 radical (unpaired) electrons. The van der Waals surface area contributed by atoms with Crippen molar-refractivity contribution in [2.45, 2.75) is 149 Å². The number of nitrogens with zero attached hydrogens (tertiary/aromatic N) is 1. The van der Waals surface area contributed by atoms with Gasteiger partial charge in [-0.3, -0.25) is 4.55 Å². The molecule has 2 fully saturated rings. The van der Waals surface area contributed by atoms with Crippen LogP contribution >= 0.6 is 0 Å². The van der Waals surface area contributed by atoms with Crippen molar-refractivity contribution in [2.75, 3.05) is 25.0 Å². The molecule has 6 aromatic rings. The predicted molar refractivity (Wildman–Crippen MR) is 335 cm³/mol. The number of phenolic OH excluding ortho intramolecular Hbond substituents is 1. The number of rotatable bonds is 12. The van der Waals surface area contributed by atoms with E-state index < -0.39 is 50.6 Å². The van der Waals surface area contributed by atoms with Crippen LogP contribution in [-0.2, 0) is 39.8 Å². The molecule has 14 atom stereocenters. The molecule has 11 N–H and O–H groups in total. The molecular weight excluding hydrogens is 1100 g/mol. The zero-order chi connectivity index (χ0) is 59.3. The van der Waals surface area contributed by atoms with Gasteiger partial charge in [0.2, 0.25) is 5.72 Å². The molecule has 86 heavy (non-hydrogen) atoms. The second kappa shape index (κ2) is 24.0. The van der Waals surface area contributed by atoms with Gasteiger partial charge in [0, 0.05) is 60.8 Å².